The first-order chi connectivity index (χ1) is 8.90. The van der Waals surface area contributed by atoms with Gasteiger partial charge in [-0.2, -0.15) is 0 Å². The third kappa shape index (κ3) is 2.97. The Morgan fingerprint density at radius 1 is 1.32 bits per heavy atom. The van der Waals surface area contributed by atoms with Crippen LogP contribution in [-0.4, -0.2) is 13.4 Å². The number of aryl methyl sites for hydroxylation is 1. The molecule has 0 aliphatic heterocycles. The number of nitrogens with one attached hydrogen (secondary N) is 1. The van der Waals surface area contributed by atoms with E-state index >= 15 is 0 Å². The number of nitrogens with two attached hydrogens (primary N) is 1. The Morgan fingerprint density at radius 2 is 2.05 bits per heavy atom. The summed E-state index contributed by atoms with van der Waals surface area (Å²) in [5.41, 5.74) is 7.12. The van der Waals surface area contributed by atoms with E-state index in [9.17, 15) is 8.42 Å². The predicted molar refractivity (Wildman–Crippen MR) is 75.6 cm³/mol. The molecule has 2 aromatic rings. The molecule has 100 valence electrons. The van der Waals surface area contributed by atoms with E-state index in [0.29, 0.717) is 11.4 Å². The lowest BCUT2D eigenvalue weighted by molar-refractivity contribution is 0.601. The molecule has 0 atom stereocenters. The first-order valence-corrected chi connectivity index (χ1v) is 7.25. The normalized spacial score (nSPS) is 11.3. The zero-order valence-corrected chi connectivity index (χ0v) is 11.7. The van der Waals surface area contributed by atoms with Crippen molar-refractivity contribution in [2.75, 3.05) is 10.5 Å². The van der Waals surface area contributed by atoms with Crippen LogP contribution in [0.1, 0.15) is 5.56 Å². The number of hydrogen-bond donors (Lipinski definition) is 2. The van der Waals surface area contributed by atoms with Gasteiger partial charge in [-0.25, -0.2) is 8.42 Å². The molecule has 5 nitrogen and oxygen atoms in total. The molecule has 0 saturated carbocycles. The van der Waals surface area contributed by atoms with Crippen LogP contribution in [0.2, 0.25) is 5.02 Å². The Kier molecular flexibility index (Phi) is 3.64. The Hall–Kier alpha value is -1.79. The zero-order chi connectivity index (χ0) is 14.0. The first kappa shape index (κ1) is 13.6. The van der Waals surface area contributed by atoms with Crippen molar-refractivity contribution in [3.05, 3.63) is 47.2 Å². The second-order valence-electron chi connectivity index (χ2n) is 3.99. The molecule has 0 radical (unpaired) electrons. The molecule has 0 aliphatic carbocycles. The molecule has 0 spiro atoms. The Morgan fingerprint density at radius 3 is 2.68 bits per heavy atom. The zero-order valence-electron chi connectivity index (χ0n) is 10.1. The maximum absolute atomic E-state index is 12.2. The van der Waals surface area contributed by atoms with Gasteiger partial charge < -0.3 is 5.73 Å². The van der Waals surface area contributed by atoms with Crippen LogP contribution in [0.25, 0.3) is 0 Å². The molecule has 3 N–H and O–H groups in total. The van der Waals surface area contributed by atoms with Crippen LogP contribution in [0.15, 0.2) is 41.6 Å². The first-order valence-electron chi connectivity index (χ1n) is 5.38. The number of anilines is 2. The van der Waals surface area contributed by atoms with Crippen molar-refractivity contribution in [2.45, 2.75) is 11.8 Å². The van der Waals surface area contributed by atoms with Gasteiger partial charge in [-0.05, 0) is 36.8 Å². The summed E-state index contributed by atoms with van der Waals surface area (Å²) in [6.07, 6.45) is 3.03. The highest BCUT2D eigenvalue weighted by atomic mass is 35.5. The van der Waals surface area contributed by atoms with Gasteiger partial charge in [0.1, 0.15) is 4.90 Å². The van der Waals surface area contributed by atoms with Crippen LogP contribution >= 0.6 is 11.6 Å². The minimum absolute atomic E-state index is 0.0216. The number of aromatic nitrogens is 1. The fourth-order valence-electron chi connectivity index (χ4n) is 1.51. The molecule has 0 aliphatic rings. The molecule has 0 fully saturated rings. The molecule has 0 unspecified atom stereocenters. The molecule has 2 rings (SSSR count). The van der Waals surface area contributed by atoms with Gasteiger partial charge in [0.2, 0.25) is 0 Å². The van der Waals surface area contributed by atoms with Gasteiger partial charge in [-0.1, -0.05) is 11.6 Å². The lowest BCUT2D eigenvalue weighted by Crippen LogP contribution is -2.14. The lowest BCUT2D eigenvalue weighted by atomic mass is 10.3. The summed E-state index contributed by atoms with van der Waals surface area (Å²) in [4.78, 5) is 3.86. The van der Waals surface area contributed by atoms with Gasteiger partial charge in [0, 0.05) is 11.9 Å². The van der Waals surface area contributed by atoms with Gasteiger partial charge >= 0.3 is 0 Å². The van der Waals surface area contributed by atoms with Crippen LogP contribution in [-0.2, 0) is 10.0 Å². The summed E-state index contributed by atoms with van der Waals surface area (Å²) >= 11 is 5.91. The molecule has 1 aromatic carbocycles. The minimum Gasteiger partial charge on any atom is -0.399 e. The second kappa shape index (κ2) is 5.07. The van der Waals surface area contributed by atoms with E-state index in [1.165, 1.54) is 24.4 Å². The largest absolute Gasteiger partial charge is 0.399 e. The summed E-state index contributed by atoms with van der Waals surface area (Å²) in [5, 5.41) is 0.0778. The molecule has 1 aromatic heterocycles. The number of sulfonamides is 1. The van der Waals surface area contributed by atoms with E-state index in [1.54, 1.807) is 19.2 Å². The summed E-state index contributed by atoms with van der Waals surface area (Å²) in [7, 11) is -3.76. The number of pyridine rings is 1. The summed E-state index contributed by atoms with van der Waals surface area (Å²) in [5.74, 6) is 0. The summed E-state index contributed by atoms with van der Waals surface area (Å²) < 4.78 is 26.9. The van der Waals surface area contributed by atoms with Gasteiger partial charge in [0.05, 0.1) is 16.9 Å². The maximum Gasteiger partial charge on any atom is 0.263 e. The van der Waals surface area contributed by atoms with Crippen molar-refractivity contribution in [1.82, 2.24) is 4.98 Å². The van der Waals surface area contributed by atoms with Crippen LogP contribution in [0.3, 0.4) is 0 Å². The molecular weight excluding hydrogens is 286 g/mol. The highest BCUT2D eigenvalue weighted by Crippen LogP contribution is 2.26. The number of rotatable bonds is 3. The van der Waals surface area contributed by atoms with Gasteiger partial charge in [-0.3, -0.25) is 9.71 Å². The Labute approximate surface area is 116 Å². The predicted octanol–water partition coefficient (Wildman–Crippen LogP) is 2.43. The third-order valence-corrected chi connectivity index (χ3v) is 4.38. The van der Waals surface area contributed by atoms with Crippen molar-refractivity contribution in [1.29, 1.82) is 0 Å². The van der Waals surface area contributed by atoms with E-state index in [-0.39, 0.29) is 9.92 Å². The summed E-state index contributed by atoms with van der Waals surface area (Å²) in [6.45, 7) is 1.78. The lowest BCUT2D eigenvalue weighted by Gasteiger charge is -2.11. The van der Waals surface area contributed by atoms with Crippen molar-refractivity contribution in [2.24, 2.45) is 0 Å². The Balaban J connectivity index is 2.41. The fourth-order valence-corrected chi connectivity index (χ4v) is 3.18. The summed E-state index contributed by atoms with van der Waals surface area (Å²) in [6, 6.07) is 5.96. The van der Waals surface area contributed by atoms with Crippen molar-refractivity contribution < 1.29 is 8.42 Å². The van der Waals surface area contributed by atoms with Crippen LogP contribution < -0.4 is 10.5 Å². The molecule has 1 heterocycles. The van der Waals surface area contributed by atoms with Crippen LogP contribution in [0, 0.1) is 6.92 Å². The van der Waals surface area contributed by atoms with Gasteiger partial charge in [0.15, 0.2) is 0 Å². The van der Waals surface area contributed by atoms with Gasteiger partial charge in [-0.15, -0.1) is 0 Å². The molecule has 0 saturated heterocycles. The minimum atomic E-state index is -3.76. The Bertz CT molecular complexity index is 717. The van der Waals surface area contributed by atoms with Crippen molar-refractivity contribution >= 4 is 33.0 Å². The van der Waals surface area contributed by atoms with Crippen LogP contribution in [0.5, 0.6) is 0 Å². The number of benzene rings is 1. The van der Waals surface area contributed by atoms with E-state index in [4.69, 9.17) is 17.3 Å². The standard InChI is InChI=1S/C12H12ClN3O2S/c1-8-4-5-15-7-11(8)16-19(17,18)12-3-2-9(14)6-10(12)13/h2-7,16H,14H2,1H3. The van der Waals surface area contributed by atoms with E-state index in [2.05, 4.69) is 9.71 Å². The van der Waals surface area contributed by atoms with Crippen molar-refractivity contribution in [3.63, 3.8) is 0 Å². The van der Waals surface area contributed by atoms with E-state index < -0.39 is 10.0 Å². The average Bonchev–Trinajstić information content (AvgIpc) is 2.31. The number of nitrogens with zero attached hydrogens (tertiary/aromatic N) is 1. The SMILES string of the molecule is Cc1ccncc1NS(=O)(=O)c1ccc(N)cc1Cl. The smallest absolute Gasteiger partial charge is 0.263 e. The molecular formula is C12H12ClN3O2S. The second-order valence-corrected chi connectivity index (χ2v) is 6.04. The number of hydrogen-bond acceptors (Lipinski definition) is 4. The topological polar surface area (TPSA) is 85.1 Å². The quantitative estimate of drug-likeness (QED) is 0.852. The molecule has 19 heavy (non-hydrogen) atoms. The highest BCUT2D eigenvalue weighted by molar-refractivity contribution is 7.92. The van der Waals surface area contributed by atoms with Gasteiger partial charge in [0.25, 0.3) is 10.0 Å². The fraction of sp³-hybridized carbons (Fsp3) is 0.0833. The third-order valence-electron chi connectivity index (χ3n) is 2.53. The number of nitrogen functional groups attached to an aromatic ring is 1. The van der Waals surface area contributed by atoms with E-state index in [0.717, 1.165) is 5.56 Å². The molecule has 0 amide bonds. The number of halogens is 1. The monoisotopic (exact) mass is 297 g/mol. The highest BCUT2D eigenvalue weighted by Gasteiger charge is 2.18. The molecule has 7 heteroatoms. The van der Waals surface area contributed by atoms with Crippen LogP contribution in [0.4, 0.5) is 11.4 Å². The van der Waals surface area contributed by atoms with E-state index in [1.807, 2.05) is 0 Å². The van der Waals surface area contributed by atoms with Crippen molar-refractivity contribution in [3.8, 4) is 0 Å². The average molecular weight is 298 g/mol. The molecule has 0 bridgehead atoms. The maximum atomic E-state index is 12.2.